The van der Waals surface area contributed by atoms with Crippen LogP contribution in [0.15, 0.2) is 24.3 Å². The lowest BCUT2D eigenvalue weighted by Gasteiger charge is -2.24. The van der Waals surface area contributed by atoms with Gasteiger partial charge in [-0.05, 0) is 36.6 Å². The monoisotopic (exact) mass is 221 g/mol. The van der Waals surface area contributed by atoms with Crippen LogP contribution in [-0.2, 0) is 6.42 Å². The van der Waals surface area contributed by atoms with Gasteiger partial charge in [-0.2, -0.15) is 0 Å². The first-order valence-corrected chi connectivity index (χ1v) is 6.18. The van der Waals surface area contributed by atoms with Gasteiger partial charge in [-0.15, -0.1) is 0 Å². The van der Waals surface area contributed by atoms with Crippen LogP contribution in [0.1, 0.15) is 32.8 Å². The van der Waals surface area contributed by atoms with Crippen molar-refractivity contribution in [3.8, 4) is 5.75 Å². The van der Waals surface area contributed by atoms with Gasteiger partial charge in [0.15, 0.2) is 0 Å². The number of hydrogen-bond acceptors (Lipinski definition) is 2. The average Bonchev–Trinajstić information content (AvgIpc) is 2.30. The highest BCUT2D eigenvalue weighted by molar-refractivity contribution is 5.26. The van der Waals surface area contributed by atoms with Crippen LogP contribution in [0.5, 0.6) is 5.75 Å². The van der Waals surface area contributed by atoms with Crippen molar-refractivity contribution in [2.75, 3.05) is 6.54 Å². The van der Waals surface area contributed by atoms with Gasteiger partial charge in [-0.25, -0.2) is 0 Å². The highest BCUT2D eigenvalue weighted by Crippen LogP contribution is 2.16. The van der Waals surface area contributed by atoms with Crippen molar-refractivity contribution in [3.63, 3.8) is 0 Å². The Morgan fingerprint density at radius 1 is 1.19 bits per heavy atom. The number of hydrogen-bond donors (Lipinski definition) is 2. The Bertz CT molecular complexity index is 294. The summed E-state index contributed by atoms with van der Waals surface area (Å²) >= 11 is 0. The van der Waals surface area contributed by atoms with E-state index in [4.69, 9.17) is 0 Å². The summed E-state index contributed by atoms with van der Waals surface area (Å²) in [5.74, 6) is 1.01. The van der Waals surface area contributed by atoms with Gasteiger partial charge in [0.2, 0.25) is 0 Å². The second kappa shape index (κ2) is 6.54. The molecule has 2 nitrogen and oxygen atoms in total. The van der Waals surface area contributed by atoms with E-state index in [1.165, 1.54) is 12.0 Å². The predicted octanol–water partition coefficient (Wildman–Crippen LogP) is 2.96. The molecule has 16 heavy (non-hydrogen) atoms. The van der Waals surface area contributed by atoms with Crippen molar-refractivity contribution in [1.82, 2.24) is 5.32 Å². The van der Waals surface area contributed by atoms with E-state index >= 15 is 0 Å². The van der Waals surface area contributed by atoms with Crippen LogP contribution in [0.4, 0.5) is 0 Å². The Morgan fingerprint density at radius 2 is 1.81 bits per heavy atom. The van der Waals surface area contributed by atoms with Crippen molar-refractivity contribution >= 4 is 0 Å². The summed E-state index contributed by atoms with van der Waals surface area (Å²) in [4.78, 5) is 0. The molecule has 90 valence electrons. The van der Waals surface area contributed by atoms with Gasteiger partial charge in [-0.1, -0.05) is 39.3 Å². The highest BCUT2D eigenvalue weighted by atomic mass is 16.3. The summed E-state index contributed by atoms with van der Waals surface area (Å²) in [5, 5.41) is 12.8. The van der Waals surface area contributed by atoms with E-state index in [-0.39, 0.29) is 0 Å². The quantitative estimate of drug-likeness (QED) is 0.774. The zero-order valence-electron chi connectivity index (χ0n) is 10.5. The molecule has 0 radical (unpaired) electrons. The van der Waals surface area contributed by atoms with Gasteiger partial charge in [0.1, 0.15) is 5.75 Å². The molecule has 0 aliphatic heterocycles. The van der Waals surface area contributed by atoms with E-state index < -0.39 is 0 Å². The minimum Gasteiger partial charge on any atom is -0.508 e. The normalized spacial score (nSPS) is 14.7. The van der Waals surface area contributed by atoms with Crippen LogP contribution >= 0.6 is 0 Å². The van der Waals surface area contributed by atoms with Crippen molar-refractivity contribution in [2.45, 2.75) is 39.7 Å². The lowest BCUT2D eigenvalue weighted by molar-refractivity contribution is 0.371. The molecule has 1 aromatic rings. The largest absolute Gasteiger partial charge is 0.508 e. The fraction of sp³-hybridized carbons (Fsp3) is 0.571. The second-order valence-corrected chi connectivity index (χ2v) is 4.42. The molecule has 1 rings (SSSR count). The number of benzene rings is 1. The van der Waals surface area contributed by atoms with Crippen molar-refractivity contribution in [2.24, 2.45) is 5.92 Å². The molecule has 1 aromatic carbocycles. The van der Waals surface area contributed by atoms with Crippen LogP contribution < -0.4 is 5.32 Å². The molecule has 0 spiro atoms. The highest BCUT2D eigenvalue weighted by Gasteiger charge is 2.14. The fourth-order valence-corrected chi connectivity index (χ4v) is 1.91. The minimum atomic E-state index is 0.340. The first-order chi connectivity index (χ1) is 7.67. The van der Waals surface area contributed by atoms with Crippen molar-refractivity contribution < 1.29 is 5.11 Å². The van der Waals surface area contributed by atoms with Crippen LogP contribution in [0.2, 0.25) is 0 Å². The van der Waals surface area contributed by atoms with E-state index in [1.807, 2.05) is 12.1 Å². The first-order valence-electron chi connectivity index (χ1n) is 6.18. The molecule has 2 atom stereocenters. The Balaban J connectivity index is 2.63. The van der Waals surface area contributed by atoms with E-state index in [0.29, 0.717) is 17.7 Å². The number of phenolic OH excluding ortho intramolecular Hbond substituents is 1. The van der Waals surface area contributed by atoms with E-state index in [9.17, 15) is 5.11 Å². The van der Waals surface area contributed by atoms with E-state index in [0.717, 1.165) is 13.0 Å². The van der Waals surface area contributed by atoms with E-state index in [1.54, 1.807) is 12.1 Å². The molecule has 2 heteroatoms. The van der Waals surface area contributed by atoms with Gasteiger partial charge in [0, 0.05) is 6.04 Å². The van der Waals surface area contributed by atoms with Crippen LogP contribution in [-0.4, -0.2) is 17.7 Å². The number of likely N-dealkylation sites (N-methyl/N-ethyl adjacent to an activating group) is 1. The molecule has 0 saturated carbocycles. The molecule has 0 aromatic heterocycles. The molecular formula is C14H23NO. The van der Waals surface area contributed by atoms with E-state index in [2.05, 4.69) is 26.1 Å². The smallest absolute Gasteiger partial charge is 0.115 e. The van der Waals surface area contributed by atoms with Gasteiger partial charge >= 0.3 is 0 Å². The lowest BCUT2D eigenvalue weighted by Crippen LogP contribution is -2.36. The lowest BCUT2D eigenvalue weighted by atomic mass is 9.93. The molecule has 0 amide bonds. The van der Waals surface area contributed by atoms with Crippen molar-refractivity contribution in [1.29, 1.82) is 0 Å². The molecule has 0 fully saturated rings. The molecule has 0 bridgehead atoms. The summed E-state index contributed by atoms with van der Waals surface area (Å²) in [6.07, 6.45) is 2.22. The number of phenols is 1. The topological polar surface area (TPSA) is 32.3 Å². The summed E-state index contributed by atoms with van der Waals surface area (Å²) in [5.41, 5.74) is 1.28. The third-order valence-corrected chi connectivity index (χ3v) is 3.19. The molecule has 0 aliphatic rings. The maximum Gasteiger partial charge on any atom is 0.115 e. The van der Waals surface area contributed by atoms with Crippen LogP contribution in [0.3, 0.4) is 0 Å². The Kier molecular flexibility index (Phi) is 5.33. The minimum absolute atomic E-state index is 0.340. The van der Waals surface area contributed by atoms with Crippen molar-refractivity contribution in [3.05, 3.63) is 29.8 Å². The third-order valence-electron chi connectivity index (χ3n) is 3.19. The van der Waals surface area contributed by atoms with Gasteiger partial charge in [-0.3, -0.25) is 0 Å². The number of nitrogens with one attached hydrogen (secondary N) is 1. The Morgan fingerprint density at radius 3 is 2.31 bits per heavy atom. The molecule has 2 N–H and O–H groups in total. The molecular weight excluding hydrogens is 198 g/mol. The van der Waals surface area contributed by atoms with Gasteiger partial charge < -0.3 is 10.4 Å². The van der Waals surface area contributed by atoms with Crippen LogP contribution in [0.25, 0.3) is 0 Å². The first kappa shape index (κ1) is 13.0. The average molecular weight is 221 g/mol. The van der Waals surface area contributed by atoms with Gasteiger partial charge in [0.25, 0.3) is 0 Å². The standard InChI is InChI=1S/C14H23NO/c1-4-11(3)14(15-5-2)10-12-6-8-13(16)9-7-12/h6-9,11,14-16H,4-5,10H2,1-3H3. The predicted molar refractivity (Wildman–Crippen MR) is 68.7 cm³/mol. The fourth-order valence-electron chi connectivity index (χ4n) is 1.91. The molecule has 0 aliphatic carbocycles. The molecule has 0 heterocycles. The Hall–Kier alpha value is -1.02. The number of rotatable bonds is 6. The summed E-state index contributed by atoms with van der Waals surface area (Å²) in [6, 6.07) is 8.05. The summed E-state index contributed by atoms with van der Waals surface area (Å²) in [6.45, 7) is 7.67. The zero-order valence-corrected chi connectivity index (χ0v) is 10.5. The zero-order chi connectivity index (χ0) is 12.0. The Labute approximate surface area is 98.7 Å². The molecule has 0 saturated heterocycles. The summed E-state index contributed by atoms with van der Waals surface area (Å²) in [7, 11) is 0. The summed E-state index contributed by atoms with van der Waals surface area (Å²) < 4.78 is 0. The molecule has 2 unspecified atom stereocenters. The second-order valence-electron chi connectivity index (χ2n) is 4.42. The van der Waals surface area contributed by atoms with Crippen LogP contribution in [0, 0.1) is 5.92 Å². The third kappa shape index (κ3) is 3.86. The maximum absolute atomic E-state index is 9.23. The SMILES string of the molecule is CCNC(Cc1ccc(O)cc1)C(C)CC. The number of aromatic hydroxyl groups is 1. The van der Waals surface area contributed by atoms with Gasteiger partial charge in [0.05, 0.1) is 0 Å². The maximum atomic E-state index is 9.23.